The number of halogens is 3. The topological polar surface area (TPSA) is 61.8 Å². The molecule has 0 fully saturated rings. The van der Waals surface area contributed by atoms with Crippen molar-refractivity contribution < 1.29 is 37.0 Å². The lowest BCUT2D eigenvalue weighted by Gasteiger charge is -2.33. The molecule has 0 aromatic heterocycles. The fraction of sp³-hybridized carbons (Fsp3) is 0.391. The Hall–Kier alpha value is -2.87. The lowest BCUT2D eigenvalue weighted by Crippen LogP contribution is -2.58. The molecule has 8 heteroatoms. The molecule has 2 aromatic carbocycles. The highest BCUT2D eigenvalue weighted by Crippen LogP contribution is 2.37. The van der Waals surface area contributed by atoms with Crippen molar-refractivity contribution >= 4 is 11.9 Å². The van der Waals surface area contributed by atoms with Gasteiger partial charge in [0.05, 0.1) is 19.1 Å². The minimum atomic E-state index is -5.18. The van der Waals surface area contributed by atoms with E-state index in [0.717, 1.165) is 18.2 Å². The molecule has 0 heterocycles. The molecule has 2 aromatic rings. The van der Waals surface area contributed by atoms with Gasteiger partial charge in [-0.3, -0.25) is 4.79 Å². The molecule has 0 N–H and O–H groups in total. The summed E-state index contributed by atoms with van der Waals surface area (Å²) >= 11 is 0. The standard InChI is InChI=1S/C23H25F3O5/c1-21(2,3)19(27)30-15-22(20(28)29-4,23(24,25)26)31-14-16-10-12-18(13-11-16)17-8-6-5-7-9-17/h5-13H,14-15H2,1-4H3. The van der Waals surface area contributed by atoms with Crippen LogP contribution in [-0.2, 0) is 30.4 Å². The Labute approximate surface area is 179 Å². The van der Waals surface area contributed by atoms with Crippen molar-refractivity contribution in [1.29, 1.82) is 0 Å². The number of hydrogen-bond acceptors (Lipinski definition) is 5. The van der Waals surface area contributed by atoms with E-state index >= 15 is 0 Å². The predicted octanol–water partition coefficient (Wildman–Crippen LogP) is 4.93. The third-order valence-corrected chi connectivity index (χ3v) is 4.54. The lowest BCUT2D eigenvalue weighted by atomic mass is 9.97. The minimum absolute atomic E-state index is 0.402. The maximum Gasteiger partial charge on any atom is 0.431 e. The first-order valence-corrected chi connectivity index (χ1v) is 9.51. The first kappa shape index (κ1) is 24.4. The van der Waals surface area contributed by atoms with E-state index in [-0.39, 0.29) is 0 Å². The molecule has 0 aliphatic heterocycles. The predicted molar refractivity (Wildman–Crippen MR) is 108 cm³/mol. The van der Waals surface area contributed by atoms with Crippen molar-refractivity contribution in [3.05, 3.63) is 60.2 Å². The number of rotatable bonds is 7. The number of ether oxygens (including phenoxy) is 3. The van der Waals surface area contributed by atoms with Gasteiger partial charge in [-0.15, -0.1) is 0 Å². The van der Waals surface area contributed by atoms with Gasteiger partial charge in [-0.1, -0.05) is 54.6 Å². The van der Waals surface area contributed by atoms with Gasteiger partial charge < -0.3 is 14.2 Å². The zero-order valence-corrected chi connectivity index (χ0v) is 17.8. The molecule has 0 radical (unpaired) electrons. The summed E-state index contributed by atoms with van der Waals surface area (Å²) in [5.74, 6) is -2.59. The lowest BCUT2D eigenvalue weighted by molar-refractivity contribution is -0.290. The van der Waals surface area contributed by atoms with Crippen LogP contribution >= 0.6 is 0 Å². The summed E-state index contributed by atoms with van der Waals surface area (Å²) < 4.78 is 56.0. The average Bonchev–Trinajstić information content (AvgIpc) is 2.72. The monoisotopic (exact) mass is 438 g/mol. The largest absolute Gasteiger partial charge is 0.467 e. The van der Waals surface area contributed by atoms with Crippen LogP contribution in [0.15, 0.2) is 54.6 Å². The molecule has 0 bridgehead atoms. The van der Waals surface area contributed by atoms with E-state index in [1.165, 1.54) is 20.8 Å². The van der Waals surface area contributed by atoms with Crippen molar-refractivity contribution in [2.75, 3.05) is 13.7 Å². The first-order chi connectivity index (χ1) is 14.4. The van der Waals surface area contributed by atoms with E-state index in [1.807, 2.05) is 30.3 Å². The van der Waals surface area contributed by atoms with Crippen LogP contribution in [0.1, 0.15) is 26.3 Å². The van der Waals surface area contributed by atoms with Crippen LogP contribution < -0.4 is 0 Å². The first-order valence-electron chi connectivity index (χ1n) is 9.51. The van der Waals surface area contributed by atoms with Gasteiger partial charge in [-0.05, 0) is 37.5 Å². The van der Waals surface area contributed by atoms with Crippen LogP contribution in [-0.4, -0.2) is 37.4 Å². The van der Waals surface area contributed by atoms with Gasteiger partial charge in [0.15, 0.2) is 0 Å². The van der Waals surface area contributed by atoms with E-state index in [2.05, 4.69) is 4.74 Å². The van der Waals surface area contributed by atoms with Crippen LogP contribution in [0.3, 0.4) is 0 Å². The number of methoxy groups -OCH3 is 1. The van der Waals surface area contributed by atoms with E-state index in [9.17, 15) is 22.8 Å². The van der Waals surface area contributed by atoms with Crippen LogP contribution in [0.25, 0.3) is 11.1 Å². The Balaban J connectivity index is 2.24. The van der Waals surface area contributed by atoms with Crippen molar-refractivity contribution in [2.24, 2.45) is 5.41 Å². The van der Waals surface area contributed by atoms with Gasteiger partial charge in [-0.2, -0.15) is 13.2 Å². The number of carbonyl (C=O) groups is 2. The highest BCUT2D eigenvalue weighted by atomic mass is 19.4. The number of carbonyl (C=O) groups excluding carboxylic acids is 2. The number of benzene rings is 2. The van der Waals surface area contributed by atoms with Crippen molar-refractivity contribution in [1.82, 2.24) is 0 Å². The molecular formula is C23H25F3O5. The number of alkyl halides is 3. The fourth-order valence-corrected chi connectivity index (χ4v) is 2.62. The molecule has 0 aliphatic rings. The molecule has 2 rings (SSSR count). The smallest absolute Gasteiger partial charge is 0.431 e. The molecule has 5 nitrogen and oxygen atoms in total. The quantitative estimate of drug-likeness (QED) is 0.574. The Morgan fingerprint density at radius 2 is 1.39 bits per heavy atom. The number of hydrogen-bond donors (Lipinski definition) is 0. The van der Waals surface area contributed by atoms with Crippen LogP contribution in [0.2, 0.25) is 0 Å². The third kappa shape index (κ3) is 5.85. The van der Waals surface area contributed by atoms with Gasteiger partial charge in [-0.25, -0.2) is 4.79 Å². The molecule has 31 heavy (non-hydrogen) atoms. The molecular weight excluding hydrogens is 413 g/mol. The summed E-state index contributed by atoms with van der Waals surface area (Å²) in [5.41, 5.74) is -2.28. The summed E-state index contributed by atoms with van der Waals surface area (Å²) in [7, 11) is 0.812. The maximum atomic E-state index is 13.9. The SMILES string of the molecule is COC(=O)C(COC(=O)C(C)(C)C)(OCc1ccc(-c2ccccc2)cc1)C(F)(F)F. The van der Waals surface area contributed by atoms with Crippen molar-refractivity contribution in [3.63, 3.8) is 0 Å². The Morgan fingerprint density at radius 1 is 0.839 bits per heavy atom. The van der Waals surface area contributed by atoms with E-state index in [0.29, 0.717) is 5.56 Å². The van der Waals surface area contributed by atoms with E-state index in [4.69, 9.17) is 9.47 Å². The molecule has 1 atom stereocenters. The van der Waals surface area contributed by atoms with Gasteiger partial charge in [0.25, 0.3) is 5.60 Å². The summed E-state index contributed by atoms with van der Waals surface area (Å²) in [6.45, 7) is 2.56. The Kier molecular flexibility index (Phi) is 7.49. The molecule has 0 spiro atoms. The highest BCUT2D eigenvalue weighted by Gasteiger charge is 2.64. The second kappa shape index (κ2) is 9.51. The van der Waals surface area contributed by atoms with Gasteiger partial charge in [0.2, 0.25) is 0 Å². The van der Waals surface area contributed by atoms with E-state index in [1.54, 1.807) is 24.3 Å². The molecule has 0 amide bonds. The van der Waals surface area contributed by atoms with Crippen LogP contribution in [0, 0.1) is 5.41 Å². The zero-order valence-electron chi connectivity index (χ0n) is 17.8. The third-order valence-electron chi connectivity index (χ3n) is 4.54. The van der Waals surface area contributed by atoms with Crippen LogP contribution in [0.5, 0.6) is 0 Å². The second-order valence-electron chi connectivity index (χ2n) is 7.99. The number of esters is 2. The zero-order chi connectivity index (χ0) is 23.3. The summed E-state index contributed by atoms with van der Waals surface area (Å²) in [6, 6.07) is 16.1. The Morgan fingerprint density at radius 3 is 1.87 bits per heavy atom. The molecule has 0 aliphatic carbocycles. The van der Waals surface area contributed by atoms with Gasteiger partial charge in [0.1, 0.15) is 6.61 Å². The normalized spacial score (nSPS) is 13.9. The van der Waals surface area contributed by atoms with Crippen molar-refractivity contribution in [3.8, 4) is 11.1 Å². The average molecular weight is 438 g/mol. The van der Waals surface area contributed by atoms with Crippen LogP contribution in [0.4, 0.5) is 13.2 Å². The van der Waals surface area contributed by atoms with E-state index < -0.39 is 42.3 Å². The fourth-order valence-electron chi connectivity index (χ4n) is 2.62. The van der Waals surface area contributed by atoms with Gasteiger partial charge >= 0.3 is 18.1 Å². The summed E-state index contributed by atoms with van der Waals surface area (Å²) in [6.07, 6.45) is -5.18. The molecule has 1 unspecified atom stereocenters. The van der Waals surface area contributed by atoms with Gasteiger partial charge in [0, 0.05) is 0 Å². The molecule has 168 valence electrons. The highest BCUT2D eigenvalue weighted by molar-refractivity contribution is 5.82. The summed E-state index contributed by atoms with van der Waals surface area (Å²) in [5, 5.41) is 0. The molecule has 0 saturated carbocycles. The molecule has 0 saturated heterocycles. The maximum absolute atomic E-state index is 13.9. The summed E-state index contributed by atoms with van der Waals surface area (Å²) in [4.78, 5) is 24.1. The second-order valence-corrected chi connectivity index (χ2v) is 7.99. The minimum Gasteiger partial charge on any atom is -0.467 e. The van der Waals surface area contributed by atoms with Crippen molar-refractivity contribution in [2.45, 2.75) is 39.2 Å². The Bertz CT molecular complexity index is 886.